The Kier molecular flexibility index (Phi) is 2.79. The minimum Gasteiger partial charge on any atom is -0.256 e. The summed E-state index contributed by atoms with van der Waals surface area (Å²) in [6, 6.07) is 17.4. The van der Waals surface area contributed by atoms with Crippen molar-refractivity contribution in [3.63, 3.8) is 0 Å². The van der Waals surface area contributed by atoms with Gasteiger partial charge in [0.2, 0.25) is 0 Å². The molecule has 0 fully saturated rings. The van der Waals surface area contributed by atoms with E-state index in [-0.39, 0.29) is 5.41 Å². The molecule has 0 saturated carbocycles. The largest absolute Gasteiger partial charge is 0.256 e. The molecule has 0 aliphatic heterocycles. The van der Waals surface area contributed by atoms with Gasteiger partial charge in [-0.05, 0) is 35.6 Å². The van der Waals surface area contributed by atoms with E-state index in [0.717, 1.165) is 16.2 Å². The van der Waals surface area contributed by atoms with E-state index >= 15 is 0 Å². The topological polar surface area (TPSA) is 25.8 Å². The molecule has 0 radical (unpaired) electrons. The zero-order chi connectivity index (χ0) is 18.3. The average molecular weight is 366 g/mol. The highest BCUT2D eigenvalue weighted by Crippen LogP contribution is 2.53. The van der Waals surface area contributed by atoms with E-state index < -0.39 is 0 Å². The number of fused-ring (bicyclic) bond motifs is 9. The molecule has 0 unspecified atom stereocenters. The zero-order valence-electron chi connectivity index (χ0n) is 15.5. The fourth-order valence-electron chi connectivity index (χ4n) is 4.84. The van der Waals surface area contributed by atoms with Crippen LogP contribution in [-0.2, 0) is 5.41 Å². The molecule has 3 aromatic heterocycles. The van der Waals surface area contributed by atoms with Gasteiger partial charge >= 0.3 is 0 Å². The van der Waals surface area contributed by atoms with Crippen LogP contribution in [0, 0.1) is 6.92 Å². The van der Waals surface area contributed by atoms with Gasteiger partial charge in [0.25, 0.3) is 0 Å². The molecular formula is C24H18N2S. The van der Waals surface area contributed by atoms with E-state index in [2.05, 4.69) is 69.3 Å². The fraction of sp³-hybridized carbons (Fsp3) is 0.167. The first-order chi connectivity index (χ1) is 13.1. The molecule has 0 spiro atoms. The van der Waals surface area contributed by atoms with Crippen molar-refractivity contribution in [3.8, 4) is 11.3 Å². The number of hydrogen-bond acceptors (Lipinski definition) is 3. The number of pyridine rings is 2. The molecule has 0 saturated heterocycles. The van der Waals surface area contributed by atoms with E-state index in [4.69, 9.17) is 9.97 Å². The van der Waals surface area contributed by atoms with Gasteiger partial charge in [-0.3, -0.25) is 4.98 Å². The Morgan fingerprint density at radius 1 is 0.889 bits per heavy atom. The maximum absolute atomic E-state index is 4.97. The molecule has 130 valence electrons. The molecule has 5 aromatic rings. The molecular weight excluding hydrogens is 348 g/mol. The van der Waals surface area contributed by atoms with Gasteiger partial charge < -0.3 is 0 Å². The number of aryl methyl sites for hydroxylation is 1. The van der Waals surface area contributed by atoms with E-state index in [1.54, 1.807) is 11.3 Å². The Morgan fingerprint density at radius 3 is 2.56 bits per heavy atom. The predicted molar refractivity (Wildman–Crippen MR) is 115 cm³/mol. The molecule has 3 heterocycles. The van der Waals surface area contributed by atoms with Crippen LogP contribution < -0.4 is 0 Å². The number of aromatic nitrogens is 2. The van der Waals surface area contributed by atoms with Gasteiger partial charge in [-0.25, -0.2) is 4.98 Å². The second kappa shape index (κ2) is 4.93. The lowest BCUT2D eigenvalue weighted by Gasteiger charge is -2.22. The number of hydrogen-bond donors (Lipinski definition) is 0. The highest BCUT2D eigenvalue weighted by molar-refractivity contribution is 7.25. The SMILES string of the molecule is Cc1nc2sc3ccc4c(c3c2c2ccccc12)C(C)(C)c1cccnc1-4. The van der Waals surface area contributed by atoms with Gasteiger partial charge in [0.05, 0.1) is 5.69 Å². The third kappa shape index (κ3) is 1.80. The van der Waals surface area contributed by atoms with Crippen LogP contribution in [0.5, 0.6) is 0 Å². The molecule has 1 aliphatic carbocycles. The second-order valence-corrected chi connectivity index (χ2v) is 8.94. The minimum absolute atomic E-state index is 0.0710. The normalized spacial score (nSPS) is 14.8. The number of benzene rings is 2. The predicted octanol–water partition coefficient (Wildman–Crippen LogP) is 6.61. The van der Waals surface area contributed by atoms with E-state index in [0.29, 0.717) is 0 Å². The van der Waals surface area contributed by atoms with Gasteiger partial charge in [-0.2, -0.15) is 0 Å². The Labute approximate surface area is 161 Å². The van der Waals surface area contributed by atoms with E-state index in [1.165, 1.54) is 42.9 Å². The van der Waals surface area contributed by atoms with Crippen molar-refractivity contribution in [3.05, 3.63) is 71.5 Å². The van der Waals surface area contributed by atoms with Crippen LogP contribution in [0.4, 0.5) is 0 Å². The third-order valence-corrected chi connectivity index (χ3v) is 7.10. The quantitative estimate of drug-likeness (QED) is 0.308. The lowest BCUT2D eigenvalue weighted by atomic mass is 9.80. The summed E-state index contributed by atoms with van der Waals surface area (Å²) in [5.41, 5.74) is 6.14. The maximum Gasteiger partial charge on any atom is 0.125 e. The van der Waals surface area contributed by atoms with Crippen LogP contribution in [0.25, 0.3) is 42.3 Å². The first-order valence-corrected chi connectivity index (χ1v) is 10.1. The lowest BCUT2D eigenvalue weighted by molar-refractivity contribution is 0.665. The Balaban J connectivity index is 1.89. The molecule has 0 N–H and O–H groups in total. The van der Waals surface area contributed by atoms with E-state index in [9.17, 15) is 0 Å². The highest BCUT2D eigenvalue weighted by atomic mass is 32.1. The van der Waals surface area contributed by atoms with Crippen molar-refractivity contribution >= 4 is 42.4 Å². The molecule has 0 amide bonds. The van der Waals surface area contributed by atoms with Crippen molar-refractivity contribution in [1.82, 2.24) is 9.97 Å². The van der Waals surface area contributed by atoms with Crippen LogP contribution in [0.15, 0.2) is 54.7 Å². The summed E-state index contributed by atoms with van der Waals surface area (Å²) in [4.78, 5) is 10.8. The standard InChI is InChI=1S/C24H18N2S/c1-13-14-7-4-5-8-15(14)19-20-18(27-23(19)26-13)11-10-16-21(20)24(2,3)17-9-6-12-25-22(16)17/h4-12H,1-3H3. The summed E-state index contributed by atoms with van der Waals surface area (Å²) in [5.74, 6) is 0. The second-order valence-electron chi connectivity index (χ2n) is 7.91. The summed E-state index contributed by atoms with van der Waals surface area (Å²) >= 11 is 1.80. The molecule has 27 heavy (non-hydrogen) atoms. The Morgan fingerprint density at radius 2 is 1.70 bits per heavy atom. The van der Waals surface area contributed by atoms with Gasteiger partial charge in [-0.15, -0.1) is 11.3 Å². The van der Waals surface area contributed by atoms with Crippen LogP contribution in [0.2, 0.25) is 0 Å². The molecule has 2 nitrogen and oxygen atoms in total. The molecule has 0 bridgehead atoms. The smallest absolute Gasteiger partial charge is 0.125 e. The minimum atomic E-state index is -0.0710. The van der Waals surface area contributed by atoms with Crippen LogP contribution in [0.1, 0.15) is 30.7 Å². The van der Waals surface area contributed by atoms with Gasteiger partial charge in [0, 0.05) is 43.7 Å². The Bertz CT molecular complexity index is 1410. The summed E-state index contributed by atoms with van der Waals surface area (Å²) in [5, 5.41) is 5.21. The van der Waals surface area contributed by atoms with Crippen molar-refractivity contribution in [2.24, 2.45) is 0 Å². The van der Waals surface area contributed by atoms with Gasteiger partial charge in [-0.1, -0.05) is 50.2 Å². The highest BCUT2D eigenvalue weighted by Gasteiger charge is 2.38. The Hall–Kier alpha value is -2.78. The molecule has 3 heteroatoms. The number of rotatable bonds is 0. The van der Waals surface area contributed by atoms with E-state index in [1.807, 2.05) is 6.20 Å². The maximum atomic E-state index is 4.97. The summed E-state index contributed by atoms with van der Waals surface area (Å²) in [6.07, 6.45) is 1.90. The van der Waals surface area contributed by atoms with Crippen molar-refractivity contribution in [2.45, 2.75) is 26.2 Å². The van der Waals surface area contributed by atoms with Crippen molar-refractivity contribution in [2.75, 3.05) is 0 Å². The number of thiophene rings is 1. The molecule has 6 rings (SSSR count). The summed E-state index contributed by atoms with van der Waals surface area (Å²) in [6.45, 7) is 6.76. The van der Waals surface area contributed by atoms with Crippen LogP contribution >= 0.6 is 11.3 Å². The zero-order valence-corrected chi connectivity index (χ0v) is 16.3. The molecule has 0 atom stereocenters. The van der Waals surface area contributed by atoms with Crippen molar-refractivity contribution in [1.29, 1.82) is 0 Å². The summed E-state index contributed by atoms with van der Waals surface area (Å²) < 4.78 is 1.31. The van der Waals surface area contributed by atoms with Gasteiger partial charge in [0.1, 0.15) is 4.83 Å². The molecule has 2 aromatic carbocycles. The average Bonchev–Trinajstić information content (AvgIpc) is 3.15. The fourth-order valence-corrected chi connectivity index (χ4v) is 5.99. The van der Waals surface area contributed by atoms with Gasteiger partial charge in [0.15, 0.2) is 0 Å². The first kappa shape index (κ1) is 15.3. The van der Waals surface area contributed by atoms with Crippen LogP contribution in [-0.4, -0.2) is 9.97 Å². The summed E-state index contributed by atoms with van der Waals surface area (Å²) in [7, 11) is 0. The third-order valence-electron chi connectivity index (χ3n) is 6.05. The van der Waals surface area contributed by atoms with Crippen molar-refractivity contribution < 1.29 is 0 Å². The lowest BCUT2D eigenvalue weighted by Crippen LogP contribution is -2.15. The van der Waals surface area contributed by atoms with Crippen LogP contribution in [0.3, 0.4) is 0 Å². The monoisotopic (exact) mass is 366 g/mol. The number of nitrogens with zero attached hydrogens (tertiary/aromatic N) is 2. The first-order valence-electron chi connectivity index (χ1n) is 9.28. The molecule has 1 aliphatic rings.